The van der Waals surface area contributed by atoms with Crippen LogP contribution in [0.15, 0.2) is 22.8 Å². The van der Waals surface area contributed by atoms with Crippen LogP contribution in [-0.4, -0.2) is 19.8 Å². The zero-order chi connectivity index (χ0) is 14.1. The van der Waals surface area contributed by atoms with E-state index in [-0.39, 0.29) is 11.9 Å². The molecule has 2 atom stereocenters. The molecule has 1 aromatic rings. The van der Waals surface area contributed by atoms with Crippen LogP contribution in [0.3, 0.4) is 0 Å². The molecule has 0 bridgehead atoms. The van der Waals surface area contributed by atoms with Gasteiger partial charge in [0, 0.05) is 0 Å². The number of hydrogen-bond acceptors (Lipinski definition) is 3. The number of furan rings is 1. The van der Waals surface area contributed by atoms with Gasteiger partial charge in [0.1, 0.15) is 11.8 Å². The minimum atomic E-state index is -1.82. The van der Waals surface area contributed by atoms with Crippen molar-refractivity contribution in [3.8, 4) is 0 Å². The standard InChI is InChI=1S/C14H23NO3Si/c1-5-19(6-2,7-3)18-14(4)12(15-13(14)16)11-9-8-10-17-11/h8-10,12H,5-7H2,1-4H3,(H,15,16). The summed E-state index contributed by atoms with van der Waals surface area (Å²) < 4.78 is 11.8. The molecule has 1 fully saturated rings. The normalized spacial score (nSPS) is 26.9. The lowest BCUT2D eigenvalue weighted by Crippen LogP contribution is -2.69. The molecule has 2 rings (SSSR count). The van der Waals surface area contributed by atoms with Crippen LogP contribution in [0.5, 0.6) is 0 Å². The van der Waals surface area contributed by atoms with Crippen molar-refractivity contribution < 1.29 is 13.6 Å². The molecule has 0 radical (unpaired) electrons. The number of carbonyl (C=O) groups excluding carboxylic acids is 1. The Bertz CT molecular complexity index is 433. The molecular formula is C14H23NO3Si. The van der Waals surface area contributed by atoms with Gasteiger partial charge in [-0.3, -0.25) is 4.79 Å². The molecule has 1 aliphatic rings. The first kappa shape index (κ1) is 14.3. The number of amides is 1. The number of β-lactam (4-membered cyclic amide) rings is 1. The second-order valence-corrected chi connectivity index (χ2v) is 10.1. The van der Waals surface area contributed by atoms with Gasteiger partial charge >= 0.3 is 0 Å². The minimum Gasteiger partial charge on any atom is -0.467 e. The fourth-order valence-corrected chi connectivity index (χ4v) is 5.83. The van der Waals surface area contributed by atoms with Crippen molar-refractivity contribution in [3.63, 3.8) is 0 Å². The molecule has 1 N–H and O–H groups in total. The van der Waals surface area contributed by atoms with Crippen molar-refractivity contribution in [3.05, 3.63) is 24.2 Å². The lowest BCUT2D eigenvalue weighted by Gasteiger charge is -2.49. The van der Waals surface area contributed by atoms with Crippen LogP contribution in [0.1, 0.15) is 39.5 Å². The molecule has 0 saturated carbocycles. The molecule has 0 aromatic carbocycles. The van der Waals surface area contributed by atoms with Crippen molar-refractivity contribution in [2.45, 2.75) is 57.5 Å². The van der Waals surface area contributed by atoms with E-state index in [2.05, 4.69) is 26.1 Å². The van der Waals surface area contributed by atoms with Crippen LogP contribution < -0.4 is 5.32 Å². The average Bonchev–Trinajstić information content (AvgIpc) is 2.95. The molecule has 0 spiro atoms. The number of nitrogens with one attached hydrogen (secondary N) is 1. The molecule has 5 heteroatoms. The van der Waals surface area contributed by atoms with Gasteiger partial charge < -0.3 is 14.2 Å². The molecule has 0 aliphatic carbocycles. The molecule has 1 amide bonds. The van der Waals surface area contributed by atoms with Gasteiger partial charge in [0.15, 0.2) is 13.9 Å². The molecule has 1 aromatic heterocycles. The number of carbonyl (C=O) groups is 1. The molecule has 19 heavy (non-hydrogen) atoms. The van der Waals surface area contributed by atoms with E-state index in [4.69, 9.17) is 8.84 Å². The third kappa shape index (κ3) is 2.25. The lowest BCUT2D eigenvalue weighted by molar-refractivity contribution is -0.156. The van der Waals surface area contributed by atoms with Gasteiger partial charge in [0.05, 0.1) is 6.26 Å². The van der Waals surface area contributed by atoms with Crippen molar-refractivity contribution >= 4 is 14.2 Å². The van der Waals surface area contributed by atoms with Crippen LogP contribution in [0, 0.1) is 0 Å². The minimum absolute atomic E-state index is 0.0267. The summed E-state index contributed by atoms with van der Waals surface area (Å²) in [6.07, 6.45) is 1.63. The summed E-state index contributed by atoms with van der Waals surface area (Å²) in [6, 6.07) is 6.67. The van der Waals surface area contributed by atoms with Crippen molar-refractivity contribution in [1.29, 1.82) is 0 Å². The van der Waals surface area contributed by atoms with Crippen LogP contribution >= 0.6 is 0 Å². The highest BCUT2D eigenvalue weighted by Gasteiger charge is 2.57. The Morgan fingerprint density at radius 3 is 2.42 bits per heavy atom. The highest BCUT2D eigenvalue weighted by Crippen LogP contribution is 2.41. The number of hydrogen-bond donors (Lipinski definition) is 1. The van der Waals surface area contributed by atoms with Crippen molar-refractivity contribution in [2.24, 2.45) is 0 Å². The van der Waals surface area contributed by atoms with Gasteiger partial charge in [-0.2, -0.15) is 0 Å². The topological polar surface area (TPSA) is 51.5 Å². The average molecular weight is 281 g/mol. The fraction of sp³-hybridized carbons (Fsp3) is 0.643. The zero-order valence-electron chi connectivity index (χ0n) is 12.2. The first-order valence-electron chi connectivity index (χ1n) is 7.06. The summed E-state index contributed by atoms with van der Waals surface area (Å²) in [6.45, 7) is 8.39. The van der Waals surface area contributed by atoms with Crippen molar-refractivity contribution in [1.82, 2.24) is 5.32 Å². The predicted octanol–water partition coefficient (Wildman–Crippen LogP) is 3.23. The Labute approximate surface area is 115 Å². The molecule has 1 aliphatic heterocycles. The molecule has 4 nitrogen and oxygen atoms in total. The van der Waals surface area contributed by atoms with Crippen molar-refractivity contribution in [2.75, 3.05) is 0 Å². The first-order valence-corrected chi connectivity index (χ1v) is 9.59. The Hall–Kier alpha value is -1.07. The second-order valence-electron chi connectivity index (χ2n) is 5.37. The van der Waals surface area contributed by atoms with E-state index >= 15 is 0 Å². The van der Waals surface area contributed by atoms with Gasteiger partial charge in [-0.15, -0.1) is 0 Å². The van der Waals surface area contributed by atoms with Crippen LogP contribution in [0.25, 0.3) is 0 Å². The van der Waals surface area contributed by atoms with E-state index in [0.717, 1.165) is 23.9 Å². The summed E-state index contributed by atoms with van der Waals surface area (Å²) in [4.78, 5) is 12.0. The summed E-state index contributed by atoms with van der Waals surface area (Å²) in [5, 5.41) is 2.90. The summed E-state index contributed by atoms with van der Waals surface area (Å²) in [7, 11) is -1.82. The summed E-state index contributed by atoms with van der Waals surface area (Å²) in [5.41, 5.74) is -0.772. The van der Waals surface area contributed by atoms with Gasteiger partial charge in [0.25, 0.3) is 5.91 Å². The van der Waals surface area contributed by atoms with Gasteiger partial charge in [-0.1, -0.05) is 20.8 Å². The van der Waals surface area contributed by atoms with E-state index in [1.165, 1.54) is 0 Å². The number of rotatable bonds is 6. The molecule has 2 unspecified atom stereocenters. The van der Waals surface area contributed by atoms with Crippen LogP contribution in [-0.2, 0) is 9.22 Å². The van der Waals surface area contributed by atoms with Crippen LogP contribution in [0.4, 0.5) is 0 Å². The molecular weight excluding hydrogens is 258 g/mol. The summed E-state index contributed by atoms with van der Waals surface area (Å²) in [5.74, 6) is 0.745. The van der Waals surface area contributed by atoms with E-state index in [1.807, 2.05) is 19.1 Å². The maximum atomic E-state index is 12.0. The van der Waals surface area contributed by atoms with E-state index < -0.39 is 13.9 Å². The Morgan fingerprint density at radius 1 is 1.37 bits per heavy atom. The predicted molar refractivity (Wildman–Crippen MR) is 76.3 cm³/mol. The molecule has 1 saturated heterocycles. The maximum Gasteiger partial charge on any atom is 0.254 e. The van der Waals surface area contributed by atoms with Gasteiger partial charge in [-0.05, 0) is 37.2 Å². The third-order valence-corrected chi connectivity index (χ3v) is 9.19. The van der Waals surface area contributed by atoms with E-state index in [9.17, 15) is 4.79 Å². The maximum absolute atomic E-state index is 12.0. The summed E-state index contributed by atoms with van der Waals surface area (Å²) >= 11 is 0. The van der Waals surface area contributed by atoms with E-state index in [1.54, 1.807) is 6.26 Å². The quantitative estimate of drug-likeness (QED) is 0.643. The largest absolute Gasteiger partial charge is 0.467 e. The second kappa shape index (κ2) is 5.13. The Balaban J connectivity index is 2.23. The third-order valence-electron chi connectivity index (χ3n) is 4.47. The molecule has 106 valence electrons. The highest BCUT2D eigenvalue weighted by atomic mass is 28.4. The lowest BCUT2D eigenvalue weighted by atomic mass is 9.85. The van der Waals surface area contributed by atoms with Gasteiger partial charge in [-0.25, -0.2) is 0 Å². The van der Waals surface area contributed by atoms with E-state index in [0.29, 0.717) is 0 Å². The Kier molecular flexibility index (Phi) is 3.87. The first-order chi connectivity index (χ1) is 9.01. The smallest absolute Gasteiger partial charge is 0.254 e. The fourth-order valence-electron chi connectivity index (χ4n) is 2.79. The highest BCUT2D eigenvalue weighted by molar-refractivity contribution is 6.73. The molecule has 2 heterocycles. The zero-order valence-corrected chi connectivity index (χ0v) is 13.2. The Morgan fingerprint density at radius 2 is 2.00 bits per heavy atom. The monoisotopic (exact) mass is 281 g/mol. The SMILES string of the molecule is CC[Si](CC)(CC)OC1(C)C(=O)NC1c1ccco1. The van der Waals surface area contributed by atoms with Crippen LogP contribution in [0.2, 0.25) is 18.1 Å². The van der Waals surface area contributed by atoms with Gasteiger partial charge in [0.2, 0.25) is 0 Å².